The smallest absolute Gasteiger partial charge is 0.134 e. The maximum Gasteiger partial charge on any atom is 0.134 e. The fourth-order valence-corrected chi connectivity index (χ4v) is 4.29. The van der Waals surface area contributed by atoms with E-state index < -0.39 is 11.6 Å². The van der Waals surface area contributed by atoms with E-state index in [1.807, 2.05) is 0 Å². The van der Waals surface area contributed by atoms with Crippen LogP contribution in [0.25, 0.3) is 22.3 Å². The average molecular weight is 523 g/mol. The molecule has 0 saturated heterocycles. The van der Waals surface area contributed by atoms with Crippen LogP contribution < -0.4 is 9.47 Å². The molecule has 198 valence electrons. The number of hydrogen-bond acceptors (Lipinski definition) is 2. The first-order valence-corrected chi connectivity index (χ1v) is 12.8. The summed E-state index contributed by atoms with van der Waals surface area (Å²) in [5.74, 6) is -0.155. The lowest BCUT2D eigenvalue weighted by molar-refractivity contribution is 0.273. The molecule has 0 spiro atoms. The zero-order chi connectivity index (χ0) is 26.9. The predicted molar refractivity (Wildman–Crippen MR) is 142 cm³/mol. The molecule has 6 heteroatoms. The van der Waals surface area contributed by atoms with Gasteiger partial charge in [0.25, 0.3) is 0 Å². The van der Waals surface area contributed by atoms with Gasteiger partial charge in [0.05, 0.1) is 13.2 Å². The highest BCUT2D eigenvalue weighted by atomic mass is 19.1. The summed E-state index contributed by atoms with van der Waals surface area (Å²) in [6.45, 7) is 3.13. The van der Waals surface area contributed by atoms with E-state index >= 15 is 0 Å². The Kier molecular flexibility index (Phi) is 9.41. The summed E-state index contributed by atoms with van der Waals surface area (Å²) in [4.78, 5) is 0. The molecule has 0 saturated carbocycles. The minimum absolute atomic E-state index is 0.361. The summed E-state index contributed by atoms with van der Waals surface area (Å²) in [5, 5.41) is 0. The fourth-order valence-electron chi connectivity index (χ4n) is 4.29. The lowest BCUT2D eigenvalue weighted by Gasteiger charge is -2.13. The van der Waals surface area contributed by atoms with Gasteiger partial charge in [-0.25, -0.2) is 17.6 Å². The van der Waals surface area contributed by atoms with Gasteiger partial charge in [-0.2, -0.15) is 0 Å². The molecule has 0 aliphatic heterocycles. The van der Waals surface area contributed by atoms with E-state index in [9.17, 15) is 17.6 Å². The Morgan fingerprint density at radius 3 is 1.32 bits per heavy atom. The van der Waals surface area contributed by atoms with Gasteiger partial charge in [0.15, 0.2) is 0 Å². The van der Waals surface area contributed by atoms with Crippen LogP contribution in [0.15, 0.2) is 84.9 Å². The third kappa shape index (κ3) is 7.60. The third-order valence-corrected chi connectivity index (χ3v) is 6.41. The molecule has 4 aromatic rings. The van der Waals surface area contributed by atoms with Crippen LogP contribution in [-0.2, 0) is 0 Å². The van der Waals surface area contributed by atoms with E-state index in [1.165, 1.54) is 36.4 Å². The minimum Gasteiger partial charge on any atom is -0.493 e. The standard InChI is InChI=1S/C32H30F4O2/c1-22(4-2-18-37-27-14-16-29(31(35)20-27)23-6-10-25(33)11-7-23)5-3-19-38-28-15-17-30(32(36)21-28)24-8-12-26(34)13-9-24/h6-17,20-22H,2-5,18-19H2,1H3. The van der Waals surface area contributed by atoms with Crippen LogP contribution in [-0.4, -0.2) is 13.2 Å². The van der Waals surface area contributed by atoms with Crippen LogP contribution in [0.3, 0.4) is 0 Å². The Balaban J connectivity index is 1.13. The van der Waals surface area contributed by atoms with Gasteiger partial charge in [0.1, 0.15) is 34.8 Å². The molecule has 0 atom stereocenters. The van der Waals surface area contributed by atoms with E-state index in [-0.39, 0.29) is 11.6 Å². The van der Waals surface area contributed by atoms with Crippen molar-refractivity contribution in [1.82, 2.24) is 0 Å². The molecule has 0 radical (unpaired) electrons. The maximum absolute atomic E-state index is 14.5. The van der Waals surface area contributed by atoms with Crippen molar-refractivity contribution in [3.05, 3.63) is 108 Å². The van der Waals surface area contributed by atoms with Crippen molar-refractivity contribution in [3.8, 4) is 33.8 Å². The van der Waals surface area contributed by atoms with Gasteiger partial charge in [-0.05, 0) is 91.3 Å². The molecule has 0 aromatic heterocycles. The highest BCUT2D eigenvalue weighted by molar-refractivity contribution is 5.65. The average Bonchev–Trinajstić information content (AvgIpc) is 2.91. The molecule has 0 aliphatic carbocycles. The van der Waals surface area contributed by atoms with E-state index in [2.05, 4.69) is 6.92 Å². The molecule has 0 unspecified atom stereocenters. The zero-order valence-electron chi connectivity index (χ0n) is 21.2. The molecule has 0 heterocycles. The summed E-state index contributed by atoms with van der Waals surface area (Å²) in [7, 11) is 0. The Labute approximate surface area is 220 Å². The van der Waals surface area contributed by atoms with Gasteiger partial charge in [-0.1, -0.05) is 31.2 Å². The zero-order valence-corrected chi connectivity index (χ0v) is 21.2. The summed E-state index contributed by atoms with van der Waals surface area (Å²) >= 11 is 0. The molecule has 4 aromatic carbocycles. The van der Waals surface area contributed by atoms with Gasteiger partial charge >= 0.3 is 0 Å². The normalized spacial score (nSPS) is 11.1. The summed E-state index contributed by atoms with van der Waals surface area (Å²) in [5.41, 5.74) is 2.03. The van der Waals surface area contributed by atoms with Crippen molar-refractivity contribution in [1.29, 1.82) is 0 Å². The number of benzene rings is 4. The van der Waals surface area contributed by atoms with Crippen molar-refractivity contribution >= 4 is 0 Å². The Morgan fingerprint density at radius 2 is 0.947 bits per heavy atom. The number of ether oxygens (including phenoxy) is 2. The highest BCUT2D eigenvalue weighted by Gasteiger charge is 2.10. The van der Waals surface area contributed by atoms with E-state index in [0.717, 1.165) is 25.7 Å². The summed E-state index contributed by atoms with van der Waals surface area (Å²) in [6.07, 6.45) is 3.58. The van der Waals surface area contributed by atoms with Gasteiger partial charge in [0, 0.05) is 23.3 Å². The van der Waals surface area contributed by atoms with E-state index in [1.54, 1.807) is 48.5 Å². The molecule has 0 amide bonds. The molecule has 0 aliphatic rings. The lowest BCUT2D eigenvalue weighted by atomic mass is 10.0. The van der Waals surface area contributed by atoms with Crippen LogP contribution in [0.5, 0.6) is 11.5 Å². The number of hydrogen-bond donors (Lipinski definition) is 0. The van der Waals surface area contributed by atoms with Crippen molar-refractivity contribution in [2.75, 3.05) is 13.2 Å². The van der Waals surface area contributed by atoms with Crippen molar-refractivity contribution in [3.63, 3.8) is 0 Å². The number of halogens is 4. The Hall–Kier alpha value is -3.80. The van der Waals surface area contributed by atoms with Gasteiger partial charge in [0.2, 0.25) is 0 Å². The Bertz CT molecular complexity index is 1220. The molecule has 38 heavy (non-hydrogen) atoms. The molecule has 0 N–H and O–H groups in total. The van der Waals surface area contributed by atoms with Crippen molar-refractivity contribution in [2.45, 2.75) is 32.6 Å². The van der Waals surface area contributed by atoms with Crippen LogP contribution in [0.2, 0.25) is 0 Å². The van der Waals surface area contributed by atoms with Crippen LogP contribution >= 0.6 is 0 Å². The van der Waals surface area contributed by atoms with Gasteiger partial charge in [-0.3, -0.25) is 0 Å². The summed E-state index contributed by atoms with van der Waals surface area (Å²) < 4.78 is 66.6. The monoisotopic (exact) mass is 522 g/mol. The first-order chi connectivity index (χ1) is 18.4. The van der Waals surface area contributed by atoms with Crippen molar-refractivity contribution in [2.24, 2.45) is 5.92 Å². The first kappa shape index (κ1) is 27.2. The largest absolute Gasteiger partial charge is 0.493 e. The minimum atomic E-state index is -0.410. The molecule has 0 bridgehead atoms. The first-order valence-electron chi connectivity index (χ1n) is 12.8. The third-order valence-electron chi connectivity index (χ3n) is 6.41. The molecular formula is C32H30F4O2. The molecule has 2 nitrogen and oxygen atoms in total. The van der Waals surface area contributed by atoms with E-state index in [0.29, 0.717) is 52.9 Å². The topological polar surface area (TPSA) is 18.5 Å². The molecule has 0 fully saturated rings. The fraction of sp³-hybridized carbons (Fsp3) is 0.250. The van der Waals surface area contributed by atoms with Crippen LogP contribution in [0.4, 0.5) is 17.6 Å². The van der Waals surface area contributed by atoms with Crippen LogP contribution in [0, 0.1) is 29.2 Å². The van der Waals surface area contributed by atoms with Crippen LogP contribution in [0.1, 0.15) is 32.6 Å². The molecule has 4 rings (SSSR count). The highest BCUT2D eigenvalue weighted by Crippen LogP contribution is 2.28. The molecular weight excluding hydrogens is 492 g/mol. The second-order valence-electron chi connectivity index (χ2n) is 9.38. The SMILES string of the molecule is CC(CCCOc1ccc(-c2ccc(F)cc2)c(F)c1)CCCOc1ccc(-c2ccc(F)cc2)c(F)c1. The second-order valence-corrected chi connectivity index (χ2v) is 9.38. The summed E-state index contributed by atoms with van der Waals surface area (Å²) in [6, 6.07) is 20.8. The van der Waals surface area contributed by atoms with E-state index in [4.69, 9.17) is 9.47 Å². The predicted octanol–water partition coefficient (Wildman–Crippen LogP) is 9.23. The van der Waals surface area contributed by atoms with Gasteiger partial charge in [-0.15, -0.1) is 0 Å². The van der Waals surface area contributed by atoms with Crippen molar-refractivity contribution < 1.29 is 27.0 Å². The van der Waals surface area contributed by atoms with Gasteiger partial charge < -0.3 is 9.47 Å². The Morgan fingerprint density at radius 1 is 0.553 bits per heavy atom. The number of rotatable bonds is 12. The maximum atomic E-state index is 14.5. The quantitative estimate of drug-likeness (QED) is 0.136. The second kappa shape index (κ2) is 13.1. The lowest BCUT2D eigenvalue weighted by Crippen LogP contribution is -2.05.